The highest BCUT2D eigenvalue weighted by Crippen LogP contribution is 2.31. The highest BCUT2D eigenvalue weighted by Gasteiger charge is 2.26. The van der Waals surface area contributed by atoms with Crippen LogP contribution in [0.2, 0.25) is 0 Å². The number of hydrogen-bond acceptors (Lipinski definition) is 6. The minimum Gasteiger partial charge on any atom is -0.395 e. The van der Waals surface area contributed by atoms with Gasteiger partial charge in [-0.25, -0.2) is 15.8 Å². The average molecular weight is 293 g/mol. The van der Waals surface area contributed by atoms with Gasteiger partial charge in [-0.3, -0.25) is 0 Å². The summed E-state index contributed by atoms with van der Waals surface area (Å²) < 4.78 is 0. The Balaban J connectivity index is 2.39. The third-order valence-electron chi connectivity index (χ3n) is 4.16. The maximum atomic E-state index is 9.42. The van der Waals surface area contributed by atoms with Crippen LogP contribution in [-0.2, 0) is 6.42 Å². The Morgan fingerprint density at radius 3 is 2.62 bits per heavy atom. The molecule has 1 aliphatic carbocycles. The summed E-state index contributed by atoms with van der Waals surface area (Å²) in [7, 11) is 0. The van der Waals surface area contributed by atoms with Gasteiger partial charge >= 0.3 is 0 Å². The van der Waals surface area contributed by atoms with Crippen molar-refractivity contribution in [2.24, 2.45) is 5.84 Å². The molecule has 1 aromatic heterocycles. The van der Waals surface area contributed by atoms with Crippen LogP contribution in [0.1, 0.15) is 50.4 Å². The molecule has 1 aliphatic rings. The van der Waals surface area contributed by atoms with E-state index in [0.29, 0.717) is 18.4 Å². The van der Waals surface area contributed by atoms with Crippen LogP contribution in [0.5, 0.6) is 0 Å². The van der Waals surface area contributed by atoms with Gasteiger partial charge in [0.25, 0.3) is 0 Å². The lowest BCUT2D eigenvalue weighted by Gasteiger charge is -2.31. The molecule has 1 saturated carbocycles. The highest BCUT2D eigenvalue weighted by atomic mass is 16.3. The molecule has 4 N–H and O–H groups in total. The average Bonchev–Trinajstić information content (AvgIpc) is 3.01. The first-order chi connectivity index (χ1) is 10.2. The van der Waals surface area contributed by atoms with Gasteiger partial charge in [-0.05, 0) is 26.2 Å². The van der Waals surface area contributed by atoms with Crippen molar-refractivity contribution in [2.45, 2.75) is 58.4 Å². The lowest BCUT2D eigenvalue weighted by atomic mass is 10.1. The Morgan fingerprint density at radius 1 is 1.33 bits per heavy atom. The van der Waals surface area contributed by atoms with Gasteiger partial charge in [0.1, 0.15) is 17.5 Å². The molecule has 2 rings (SSSR count). The first kappa shape index (κ1) is 16.0. The molecule has 0 aliphatic heterocycles. The third kappa shape index (κ3) is 3.63. The Labute approximate surface area is 126 Å². The molecule has 0 radical (unpaired) electrons. The molecule has 6 heteroatoms. The molecular formula is C15H27N5O. The molecule has 21 heavy (non-hydrogen) atoms. The molecule has 1 fully saturated rings. The summed E-state index contributed by atoms with van der Waals surface area (Å²) in [5, 5.41) is 9.42. The third-order valence-corrected chi connectivity index (χ3v) is 4.16. The van der Waals surface area contributed by atoms with Crippen LogP contribution in [0.25, 0.3) is 0 Å². The van der Waals surface area contributed by atoms with E-state index in [1.165, 1.54) is 12.8 Å². The van der Waals surface area contributed by atoms with Gasteiger partial charge in [-0.15, -0.1) is 0 Å². The zero-order valence-electron chi connectivity index (χ0n) is 13.1. The highest BCUT2D eigenvalue weighted by molar-refractivity contribution is 5.58. The minimum absolute atomic E-state index is 0.133. The minimum atomic E-state index is 0.133. The van der Waals surface area contributed by atoms with Crippen LogP contribution >= 0.6 is 0 Å². The monoisotopic (exact) mass is 293 g/mol. The fourth-order valence-corrected chi connectivity index (χ4v) is 3.09. The van der Waals surface area contributed by atoms with E-state index >= 15 is 0 Å². The predicted octanol–water partition coefficient (Wildman–Crippen LogP) is 1.76. The van der Waals surface area contributed by atoms with Gasteiger partial charge < -0.3 is 15.4 Å². The summed E-state index contributed by atoms with van der Waals surface area (Å²) in [4.78, 5) is 11.5. The van der Waals surface area contributed by atoms with Crippen molar-refractivity contribution in [2.75, 3.05) is 23.5 Å². The Morgan fingerprint density at radius 2 is 2.05 bits per heavy atom. The lowest BCUT2D eigenvalue weighted by Crippen LogP contribution is -2.37. The molecule has 0 amide bonds. The smallest absolute Gasteiger partial charge is 0.148 e. The number of aliphatic hydroxyl groups is 1. The molecule has 6 nitrogen and oxygen atoms in total. The Kier molecular flexibility index (Phi) is 5.76. The number of nitrogens with zero attached hydrogens (tertiary/aromatic N) is 3. The lowest BCUT2D eigenvalue weighted by molar-refractivity contribution is 0.296. The normalized spacial score (nSPS) is 15.4. The van der Waals surface area contributed by atoms with E-state index in [9.17, 15) is 5.11 Å². The van der Waals surface area contributed by atoms with Gasteiger partial charge in [0.05, 0.1) is 6.61 Å². The Bertz CT molecular complexity index is 460. The van der Waals surface area contributed by atoms with E-state index in [1.807, 2.05) is 6.92 Å². The maximum Gasteiger partial charge on any atom is 0.148 e. The largest absolute Gasteiger partial charge is 0.395 e. The van der Waals surface area contributed by atoms with Crippen LogP contribution in [-0.4, -0.2) is 34.3 Å². The van der Waals surface area contributed by atoms with E-state index in [2.05, 4.69) is 22.2 Å². The second-order valence-corrected chi connectivity index (χ2v) is 5.69. The van der Waals surface area contributed by atoms with Crippen LogP contribution < -0.4 is 16.2 Å². The van der Waals surface area contributed by atoms with Gasteiger partial charge in [0.2, 0.25) is 0 Å². The summed E-state index contributed by atoms with van der Waals surface area (Å²) in [6, 6.07) is 0.464. The zero-order chi connectivity index (χ0) is 15.2. The van der Waals surface area contributed by atoms with Crippen molar-refractivity contribution in [1.82, 2.24) is 9.97 Å². The molecule has 0 unspecified atom stereocenters. The summed E-state index contributed by atoms with van der Waals surface area (Å²) >= 11 is 0. The number of rotatable bonds is 7. The number of nitrogens with two attached hydrogens (primary N) is 1. The first-order valence-electron chi connectivity index (χ1n) is 7.92. The van der Waals surface area contributed by atoms with Crippen molar-refractivity contribution in [3.63, 3.8) is 0 Å². The van der Waals surface area contributed by atoms with Crippen LogP contribution in [0, 0.1) is 6.92 Å². The number of aromatic nitrogens is 2. The number of nitrogen functional groups attached to an aromatic ring is 1. The molecule has 118 valence electrons. The van der Waals surface area contributed by atoms with Crippen LogP contribution in [0.15, 0.2) is 0 Å². The number of aliphatic hydroxyl groups excluding tert-OH is 1. The quantitative estimate of drug-likeness (QED) is 0.524. The molecular weight excluding hydrogens is 266 g/mol. The van der Waals surface area contributed by atoms with Crippen molar-refractivity contribution in [3.05, 3.63) is 11.4 Å². The predicted molar refractivity (Wildman–Crippen MR) is 85.3 cm³/mol. The van der Waals surface area contributed by atoms with E-state index < -0.39 is 0 Å². The zero-order valence-corrected chi connectivity index (χ0v) is 13.1. The van der Waals surface area contributed by atoms with Crippen molar-refractivity contribution in [1.29, 1.82) is 0 Å². The van der Waals surface area contributed by atoms with Crippen molar-refractivity contribution < 1.29 is 5.11 Å². The topological polar surface area (TPSA) is 87.3 Å². The summed E-state index contributed by atoms with van der Waals surface area (Å²) in [6.07, 6.45) is 6.66. The number of anilines is 2. The van der Waals surface area contributed by atoms with Crippen LogP contribution in [0.3, 0.4) is 0 Å². The molecule has 1 aromatic rings. The van der Waals surface area contributed by atoms with Gasteiger partial charge in [-0.2, -0.15) is 0 Å². The molecule has 0 saturated heterocycles. The molecule has 0 spiro atoms. The fourth-order valence-electron chi connectivity index (χ4n) is 3.09. The number of hydrazine groups is 1. The summed E-state index contributed by atoms with van der Waals surface area (Å²) in [6.45, 7) is 4.84. The summed E-state index contributed by atoms with van der Waals surface area (Å²) in [5.74, 6) is 8.02. The first-order valence-corrected chi connectivity index (χ1v) is 7.92. The SMILES string of the molecule is CCCc1nc(NN)c(C)c(N(CCO)C2CCCC2)n1. The number of nitrogens with one attached hydrogen (secondary N) is 1. The van der Waals surface area contributed by atoms with E-state index in [-0.39, 0.29) is 6.61 Å². The number of hydrogen-bond donors (Lipinski definition) is 3. The van der Waals surface area contributed by atoms with Gasteiger partial charge in [-0.1, -0.05) is 19.8 Å². The van der Waals surface area contributed by atoms with E-state index in [4.69, 9.17) is 10.8 Å². The van der Waals surface area contributed by atoms with Crippen molar-refractivity contribution in [3.8, 4) is 0 Å². The van der Waals surface area contributed by atoms with E-state index in [0.717, 1.165) is 42.9 Å². The van der Waals surface area contributed by atoms with Crippen molar-refractivity contribution >= 4 is 11.6 Å². The maximum absolute atomic E-state index is 9.42. The summed E-state index contributed by atoms with van der Waals surface area (Å²) in [5.41, 5.74) is 3.64. The fraction of sp³-hybridized carbons (Fsp3) is 0.733. The van der Waals surface area contributed by atoms with E-state index in [1.54, 1.807) is 0 Å². The number of aryl methyl sites for hydroxylation is 1. The molecule has 0 bridgehead atoms. The standard InChI is InChI=1S/C15H27N5O/c1-3-6-13-17-14(19-16)11(2)15(18-13)20(9-10-21)12-7-4-5-8-12/h12,21H,3-10,16H2,1-2H3,(H,17,18,19). The molecule has 1 heterocycles. The second-order valence-electron chi connectivity index (χ2n) is 5.69. The Hall–Kier alpha value is -1.40. The second kappa shape index (κ2) is 7.56. The molecule has 0 aromatic carbocycles. The van der Waals surface area contributed by atoms with Gasteiger partial charge in [0, 0.05) is 24.6 Å². The van der Waals surface area contributed by atoms with Gasteiger partial charge in [0.15, 0.2) is 0 Å². The van der Waals surface area contributed by atoms with Crippen LogP contribution in [0.4, 0.5) is 11.6 Å². The molecule has 0 atom stereocenters.